The van der Waals surface area contributed by atoms with Gasteiger partial charge in [0.1, 0.15) is 12.6 Å². The van der Waals surface area contributed by atoms with E-state index in [0.717, 1.165) is 47.4 Å². The van der Waals surface area contributed by atoms with Crippen LogP contribution in [0.3, 0.4) is 0 Å². The topological polar surface area (TPSA) is 105 Å². The second-order valence-corrected chi connectivity index (χ2v) is 12.0. The first kappa shape index (κ1) is 30.3. The average molecular weight is 560 g/mol. The lowest BCUT2D eigenvalue weighted by molar-refractivity contribution is -0.140. The van der Waals surface area contributed by atoms with Gasteiger partial charge in [0.25, 0.3) is 0 Å². The molecule has 0 saturated heterocycles. The van der Waals surface area contributed by atoms with Gasteiger partial charge in [-0.05, 0) is 43.9 Å². The van der Waals surface area contributed by atoms with E-state index < -0.39 is 28.5 Å². The molecule has 1 N–H and O–H groups in total. The first-order valence-corrected chi connectivity index (χ1v) is 15.3. The van der Waals surface area contributed by atoms with Crippen LogP contribution in [0.15, 0.2) is 42.5 Å². The highest BCUT2D eigenvalue weighted by Crippen LogP contribution is 2.32. The standard InChI is InChI=1S/C29H41N3O6S/c1-6-25(29(34)30-23-10-8-7-9-11-23)31(19-22-14-12-21(2)13-15-22)28(33)20-32(39(5,35)36)24-16-17-26(37-3)27(18-24)38-4/h12-18,23,25H,6-11,19-20H2,1-5H3,(H,30,34). The lowest BCUT2D eigenvalue weighted by Crippen LogP contribution is -2.53. The molecule has 1 aliphatic rings. The number of hydrogen-bond acceptors (Lipinski definition) is 6. The van der Waals surface area contributed by atoms with Crippen LogP contribution in [-0.4, -0.2) is 64.2 Å². The smallest absolute Gasteiger partial charge is 0.244 e. The van der Waals surface area contributed by atoms with Crippen LogP contribution in [0.25, 0.3) is 0 Å². The van der Waals surface area contributed by atoms with E-state index in [-0.39, 0.29) is 24.2 Å². The van der Waals surface area contributed by atoms with Gasteiger partial charge < -0.3 is 19.7 Å². The largest absolute Gasteiger partial charge is 0.493 e. The highest BCUT2D eigenvalue weighted by atomic mass is 32.2. The van der Waals surface area contributed by atoms with Crippen molar-refractivity contribution in [1.29, 1.82) is 0 Å². The van der Waals surface area contributed by atoms with Crippen LogP contribution in [-0.2, 0) is 26.2 Å². The van der Waals surface area contributed by atoms with Crippen molar-refractivity contribution >= 4 is 27.5 Å². The summed E-state index contributed by atoms with van der Waals surface area (Å²) in [5.41, 5.74) is 2.20. The zero-order valence-electron chi connectivity index (χ0n) is 23.6. The van der Waals surface area contributed by atoms with Crippen molar-refractivity contribution < 1.29 is 27.5 Å². The summed E-state index contributed by atoms with van der Waals surface area (Å²) in [4.78, 5) is 28.9. The summed E-state index contributed by atoms with van der Waals surface area (Å²) in [5, 5.41) is 3.15. The number of rotatable bonds is 12. The predicted octanol–water partition coefficient (Wildman–Crippen LogP) is 4.03. The molecular formula is C29H41N3O6S. The van der Waals surface area contributed by atoms with Crippen LogP contribution in [0.2, 0.25) is 0 Å². The maximum absolute atomic E-state index is 13.9. The van der Waals surface area contributed by atoms with Crippen molar-refractivity contribution in [3.63, 3.8) is 0 Å². The van der Waals surface area contributed by atoms with Crippen LogP contribution in [0.5, 0.6) is 11.5 Å². The number of anilines is 1. The van der Waals surface area contributed by atoms with Crippen molar-refractivity contribution in [2.45, 2.75) is 71.0 Å². The molecule has 9 nitrogen and oxygen atoms in total. The maximum Gasteiger partial charge on any atom is 0.244 e. The van der Waals surface area contributed by atoms with Crippen molar-refractivity contribution in [3.05, 3.63) is 53.6 Å². The number of benzene rings is 2. The second kappa shape index (κ2) is 13.7. The van der Waals surface area contributed by atoms with Gasteiger partial charge in [0.15, 0.2) is 11.5 Å². The molecule has 0 radical (unpaired) electrons. The Bertz CT molecular complexity index is 1230. The summed E-state index contributed by atoms with van der Waals surface area (Å²) in [5.74, 6) is 0.0988. The van der Waals surface area contributed by atoms with E-state index >= 15 is 0 Å². The van der Waals surface area contributed by atoms with Gasteiger partial charge in [-0.25, -0.2) is 8.42 Å². The van der Waals surface area contributed by atoms with Crippen LogP contribution in [0.1, 0.15) is 56.6 Å². The predicted molar refractivity (Wildman–Crippen MR) is 153 cm³/mol. The molecule has 2 amide bonds. The number of amides is 2. The fraction of sp³-hybridized carbons (Fsp3) is 0.517. The normalized spacial score (nSPS) is 14.8. The van der Waals surface area contributed by atoms with Crippen molar-refractivity contribution in [2.24, 2.45) is 0 Å². The van der Waals surface area contributed by atoms with Gasteiger partial charge in [-0.3, -0.25) is 13.9 Å². The molecule has 39 heavy (non-hydrogen) atoms. The van der Waals surface area contributed by atoms with Gasteiger partial charge in [0.2, 0.25) is 21.8 Å². The number of nitrogens with one attached hydrogen (secondary N) is 1. The zero-order chi connectivity index (χ0) is 28.6. The van der Waals surface area contributed by atoms with Gasteiger partial charge in [0, 0.05) is 18.7 Å². The van der Waals surface area contributed by atoms with Gasteiger partial charge in [-0.2, -0.15) is 0 Å². The quantitative estimate of drug-likeness (QED) is 0.421. The monoisotopic (exact) mass is 559 g/mol. The molecule has 214 valence electrons. The Kier molecular flexibility index (Phi) is 10.6. The minimum absolute atomic E-state index is 0.0934. The Labute approximate surface area is 232 Å². The number of sulfonamides is 1. The molecule has 0 bridgehead atoms. The third-order valence-corrected chi connectivity index (χ3v) is 8.29. The Morgan fingerprint density at radius 1 is 1.00 bits per heavy atom. The molecule has 1 fully saturated rings. The van der Waals surface area contributed by atoms with E-state index in [1.165, 1.54) is 31.6 Å². The summed E-state index contributed by atoms with van der Waals surface area (Å²) in [6, 6.07) is 11.8. The average Bonchev–Trinajstić information content (AvgIpc) is 2.92. The van der Waals surface area contributed by atoms with Crippen LogP contribution >= 0.6 is 0 Å². The Morgan fingerprint density at radius 2 is 1.64 bits per heavy atom. The minimum Gasteiger partial charge on any atom is -0.493 e. The van der Waals surface area contributed by atoms with Gasteiger partial charge >= 0.3 is 0 Å². The van der Waals surface area contributed by atoms with E-state index in [4.69, 9.17) is 9.47 Å². The Hall–Kier alpha value is -3.27. The Balaban J connectivity index is 1.94. The molecule has 0 aromatic heterocycles. The summed E-state index contributed by atoms with van der Waals surface area (Å²) in [6.45, 7) is 3.56. The van der Waals surface area contributed by atoms with Crippen molar-refractivity contribution in [2.75, 3.05) is 31.3 Å². The number of carbonyl (C=O) groups excluding carboxylic acids is 2. The molecule has 10 heteroatoms. The first-order valence-electron chi connectivity index (χ1n) is 13.4. The lowest BCUT2D eigenvalue weighted by Gasteiger charge is -2.34. The number of aryl methyl sites for hydroxylation is 1. The van der Waals surface area contributed by atoms with Gasteiger partial charge in [-0.1, -0.05) is 56.0 Å². The molecule has 2 aromatic rings. The SMILES string of the molecule is CCC(C(=O)NC1CCCCC1)N(Cc1ccc(C)cc1)C(=O)CN(c1ccc(OC)c(OC)c1)S(C)(=O)=O. The molecule has 3 rings (SSSR count). The number of hydrogen-bond donors (Lipinski definition) is 1. The van der Waals surface area contributed by atoms with E-state index in [0.29, 0.717) is 17.9 Å². The molecule has 0 heterocycles. The third kappa shape index (κ3) is 8.11. The van der Waals surface area contributed by atoms with Crippen LogP contribution < -0.4 is 19.1 Å². The van der Waals surface area contributed by atoms with Crippen LogP contribution in [0, 0.1) is 6.92 Å². The zero-order valence-corrected chi connectivity index (χ0v) is 24.4. The lowest BCUT2D eigenvalue weighted by atomic mass is 9.95. The van der Waals surface area contributed by atoms with Gasteiger partial charge in [0.05, 0.1) is 26.2 Å². The highest BCUT2D eigenvalue weighted by molar-refractivity contribution is 7.92. The van der Waals surface area contributed by atoms with E-state index in [1.54, 1.807) is 12.1 Å². The molecule has 0 aliphatic heterocycles. The number of carbonyl (C=O) groups is 2. The number of ether oxygens (including phenoxy) is 2. The first-order chi connectivity index (χ1) is 18.6. The molecule has 1 unspecified atom stereocenters. The highest BCUT2D eigenvalue weighted by Gasteiger charge is 2.33. The minimum atomic E-state index is -3.86. The number of methoxy groups -OCH3 is 2. The Morgan fingerprint density at radius 3 is 2.21 bits per heavy atom. The molecule has 1 atom stereocenters. The molecule has 1 saturated carbocycles. The fourth-order valence-corrected chi connectivity index (χ4v) is 5.79. The molecule has 2 aromatic carbocycles. The summed E-state index contributed by atoms with van der Waals surface area (Å²) < 4.78 is 37.4. The molecule has 0 spiro atoms. The van der Waals surface area contributed by atoms with Crippen molar-refractivity contribution in [1.82, 2.24) is 10.2 Å². The summed E-state index contributed by atoms with van der Waals surface area (Å²) >= 11 is 0. The second-order valence-electron chi connectivity index (χ2n) is 10.1. The van der Waals surface area contributed by atoms with E-state index in [2.05, 4.69) is 5.32 Å². The van der Waals surface area contributed by atoms with Gasteiger partial charge in [-0.15, -0.1) is 0 Å². The molecule has 1 aliphatic carbocycles. The summed E-state index contributed by atoms with van der Waals surface area (Å²) in [7, 11) is -0.912. The summed E-state index contributed by atoms with van der Waals surface area (Å²) in [6.07, 6.45) is 6.61. The fourth-order valence-electron chi connectivity index (χ4n) is 4.95. The number of nitrogens with zero attached hydrogens (tertiary/aromatic N) is 2. The van der Waals surface area contributed by atoms with Crippen molar-refractivity contribution in [3.8, 4) is 11.5 Å². The third-order valence-electron chi connectivity index (χ3n) is 7.15. The van der Waals surface area contributed by atoms with E-state index in [1.807, 2.05) is 38.1 Å². The maximum atomic E-state index is 13.9. The van der Waals surface area contributed by atoms with Crippen LogP contribution in [0.4, 0.5) is 5.69 Å². The molecular weight excluding hydrogens is 518 g/mol. The van der Waals surface area contributed by atoms with E-state index in [9.17, 15) is 18.0 Å².